The van der Waals surface area contributed by atoms with E-state index < -0.39 is 0 Å². The highest BCUT2D eigenvalue weighted by molar-refractivity contribution is 6.29. The Balaban J connectivity index is 3.11. The van der Waals surface area contributed by atoms with E-state index in [2.05, 4.69) is 23.8 Å². The molecular weight excluding hydrogens is 207 g/mol. The van der Waals surface area contributed by atoms with Gasteiger partial charge < -0.3 is 0 Å². The van der Waals surface area contributed by atoms with Crippen LogP contribution in [-0.4, -0.2) is 9.97 Å². The molecular formula is C9H12Cl2N2. The van der Waals surface area contributed by atoms with Gasteiger partial charge in [-0.05, 0) is 18.9 Å². The fourth-order valence-electron chi connectivity index (χ4n) is 0.927. The minimum absolute atomic E-state index is 0.198. The topological polar surface area (TPSA) is 25.8 Å². The van der Waals surface area contributed by atoms with Crippen LogP contribution in [0.25, 0.3) is 0 Å². The van der Waals surface area contributed by atoms with Crippen LogP contribution in [0.2, 0.25) is 5.15 Å². The highest BCUT2D eigenvalue weighted by Gasteiger charge is 2.10. The fraction of sp³-hybridized carbons (Fsp3) is 0.556. The summed E-state index contributed by atoms with van der Waals surface area (Å²) in [5, 5.41) is 0.261. The summed E-state index contributed by atoms with van der Waals surface area (Å²) in [6.45, 7) is 5.94. The molecule has 1 heterocycles. The zero-order chi connectivity index (χ0) is 10.0. The monoisotopic (exact) mass is 218 g/mol. The Bertz CT molecular complexity index is 271. The zero-order valence-corrected chi connectivity index (χ0v) is 9.39. The third kappa shape index (κ3) is 2.82. The van der Waals surface area contributed by atoms with Gasteiger partial charge in [0.1, 0.15) is 11.0 Å². The van der Waals surface area contributed by atoms with Gasteiger partial charge in [-0.15, -0.1) is 11.6 Å². The zero-order valence-electron chi connectivity index (χ0n) is 7.88. The van der Waals surface area contributed by atoms with Crippen molar-refractivity contribution < 1.29 is 0 Å². The molecule has 0 bridgehead atoms. The molecule has 0 aliphatic heterocycles. The molecule has 4 heteroatoms. The molecule has 0 fully saturated rings. The lowest BCUT2D eigenvalue weighted by molar-refractivity contribution is 0.781. The maximum absolute atomic E-state index is 5.87. The van der Waals surface area contributed by atoms with Crippen LogP contribution in [0.15, 0.2) is 6.07 Å². The van der Waals surface area contributed by atoms with E-state index >= 15 is 0 Å². The number of rotatable bonds is 2. The Kier molecular flexibility index (Phi) is 3.51. The van der Waals surface area contributed by atoms with E-state index in [-0.39, 0.29) is 5.38 Å². The average Bonchev–Trinajstić information content (AvgIpc) is 2.03. The van der Waals surface area contributed by atoms with Crippen molar-refractivity contribution >= 4 is 23.2 Å². The van der Waals surface area contributed by atoms with Gasteiger partial charge in [-0.2, -0.15) is 0 Å². The summed E-state index contributed by atoms with van der Waals surface area (Å²) in [5.41, 5.74) is 0.933. The fourth-order valence-corrected chi connectivity index (χ4v) is 1.22. The number of hydrogen-bond acceptors (Lipinski definition) is 2. The molecule has 0 N–H and O–H groups in total. The van der Waals surface area contributed by atoms with Crippen LogP contribution in [0.3, 0.4) is 0 Å². The molecule has 72 valence electrons. The lowest BCUT2D eigenvalue weighted by Crippen LogP contribution is -2.01. The van der Waals surface area contributed by atoms with Gasteiger partial charge in [-0.25, -0.2) is 9.97 Å². The van der Waals surface area contributed by atoms with Crippen molar-refractivity contribution in [1.82, 2.24) is 9.97 Å². The second-order valence-electron chi connectivity index (χ2n) is 3.24. The van der Waals surface area contributed by atoms with Crippen molar-refractivity contribution in [3.8, 4) is 0 Å². The van der Waals surface area contributed by atoms with Gasteiger partial charge in [-0.1, -0.05) is 25.4 Å². The molecule has 0 aliphatic carbocycles. The van der Waals surface area contributed by atoms with Crippen LogP contribution >= 0.6 is 23.2 Å². The largest absolute Gasteiger partial charge is 0.236 e. The number of alkyl halides is 1. The molecule has 0 saturated carbocycles. The van der Waals surface area contributed by atoms with E-state index in [4.69, 9.17) is 23.2 Å². The van der Waals surface area contributed by atoms with E-state index in [9.17, 15) is 0 Å². The van der Waals surface area contributed by atoms with Crippen LogP contribution in [0.4, 0.5) is 0 Å². The first-order valence-electron chi connectivity index (χ1n) is 4.19. The van der Waals surface area contributed by atoms with Gasteiger partial charge in [0, 0.05) is 5.69 Å². The standard InChI is InChI=1S/C9H12Cl2N2/c1-5(2)7-4-8(11)13-9(12-7)6(3)10/h4-6H,1-3H3. The van der Waals surface area contributed by atoms with Gasteiger partial charge in [0.2, 0.25) is 0 Å². The first-order valence-corrected chi connectivity index (χ1v) is 5.00. The quantitative estimate of drug-likeness (QED) is 0.561. The SMILES string of the molecule is CC(C)c1cc(Cl)nc(C(C)Cl)n1. The summed E-state index contributed by atoms with van der Waals surface area (Å²) in [5.74, 6) is 0.938. The molecule has 0 amide bonds. The van der Waals surface area contributed by atoms with E-state index in [0.29, 0.717) is 16.9 Å². The molecule has 0 aromatic carbocycles. The smallest absolute Gasteiger partial charge is 0.147 e. The van der Waals surface area contributed by atoms with E-state index in [1.807, 2.05) is 6.92 Å². The van der Waals surface area contributed by atoms with Gasteiger partial charge in [0.05, 0.1) is 5.38 Å². The predicted octanol–water partition coefficient (Wildman–Crippen LogP) is 3.55. The normalized spacial score (nSPS) is 13.4. The van der Waals surface area contributed by atoms with Gasteiger partial charge in [0.25, 0.3) is 0 Å². The van der Waals surface area contributed by atoms with Crippen molar-refractivity contribution in [2.75, 3.05) is 0 Å². The van der Waals surface area contributed by atoms with E-state index in [0.717, 1.165) is 5.69 Å². The van der Waals surface area contributed by atoms with Crippen LogP contribution in [0.1, 0.15) is 43.6 Å². The first-order chi connectivity index (χ1) is 6.00. The molecule has 1 rings (SSSR count). The molecule has 1 unspecified atom stereocenters. The summed E-state index contributed by atoms with van der Waals surface area (Å²) in [6.07, 6.45) is 0. The maximum atomic E-state index is 5.87. The molecule has 0 radical (unpaired) electrons. The molecule has 13 heavy (non-hydrogen) atoms. The predicted molar refractivity (Wildman–Crippen MR) is 55.4 cm³/mol. The Morgan fingerprint density at radius 1 is 1.23 bits per heavy atom. The van der Waals surface area contributed by atoms with Crippen molar-refractivity contribution in [2.24, 2.45) is 0 Å². The minimum Gasteiger partial charge on any atom is -0.236 e. The Morgan fingerprint density at radius 2 is 1.85 bits per heavy atom. The molecule has 0 saturated heterocycles. The average molecular weight is 219 g/mol. The molecule has 1 atom stereocenters. The number of halogens is 2. The summed E-state index contributed by atoms with van der Waals surface area (Å²) < 4.78 is 0. The Labute approximate surface area is 88.3 Å². The maximum Gasteiger partial charge on any atom is 0.147 e. The number of nitrogens with zero attached hydrogens (tertiary/aromatic N) is 2. The summed E-state index contributed by atoms with van der Waals surface area (Å²) >= 11 is 11.7. The highest BCUT2D eigenvalue weighted by atomic mass is 35.5. The highest BCUT2D eigenvalue weighted by Crippen LogP contribution is 2.21. The van der Waals surface area contributed by atoms with E-state index in [1.165, 1.54) is 0 Å². The van der Waals surface area contributed by atoms with Crippen molar-refractivity contribution in [1.29, 1.82) is 0 Å². The number of hydrogen-bond donors (Lipinski definition) is 0. The lowest BCUT2D eigenvalue weighted by Gasteiger charge is -2.08. The second kappa shape index (κ2) is 4.25. The third-order valence-electron chi connectivity index (χ3n) is 1.68. The summed E-state index contributed by atoms with van der Waals surface area (Å²) in [7, 11) is 0. The van der Waals surface area contributed by atoms with Crippen molar-refractivity contribution in [2.45, 2.75) is 32.1 Å². The summed E-state index contributed by atoms with van der Waals surface area (Å²) in [6, 6.07) is 1.77. The molecule has 0 aliphatic rings. The molecule has 2 nitrogen and oxygen atoms in total. The van der Waals surface area contributed by atoms with Gasteiger partial charge in [-0.3, -0.25) is 0 Å². The Hall–Kier alpha value is -0.340. The van der Waals surface area contributed by atoms with E-state index in [1.54, 1.807) is 6.07 Å². The van der Waals surface area contributed by atoms with Gasteiger partial charge >= 0.3 is 0 Å². The molecule has 0 spiro atoms. The minimum atomic E-state index is -0.198. The van der Waals surface area contributed by atoms with Crippen molar-refractivity contribution in [3.63, 3.8) is 0 Å². The first kappa shape index (κ1) is 10.7. The Morgan fingerprint density at radius 3 is 2.31 bits per heavy atom. The van der Waals surface area contributed by atoms with Gasteiger partial charge in [0.15, 0.2) is 0 Å². The number of aromatic nitrogens is 2. The lowest BCUT2D eigenvalue weighted by atomic mass is 10.1. The molecule has 1 aromatic rings. The van der Waals surface area contributed by atoms with Crippen molar-refractivity contribution in [3.05, 3.63) is 22.7 Å². The third-order valence-corrected chi connectivity index (χ3v) is 2.07. The summed E-state index contributed by atoms with van der Waals surface area (Å²) in [4.78, 5) is 8.34. The van der Waals surface area contributed by atoms with Crippen LogP contribution in [0, 0.1) is 0 Å². The van der Waals surface area contributed by atoms with Crippen LogP contribution < -0.4 is 0 Å². The van der Waals surface area contributed by atoms with Crippen LogP contribution in [0.5, 0.6) is 0 Å². The van der Waals surface area contributed by atoms with Crippen LogP contribution in [-0.2, 0) is 0 Å². The molecule has 1 aromatic heterocycles. The second-order valence-corrected chi connectivity index (χ2v) is 4.29.